The molecule has 124 valence electrons. The van der Waals surface area contributed by atoms with E-state index in [-0.39, 0.29) is 18.2 Å². The number of fused-ring (bicyclic) bond motifs is 1. The van der Waals surface area contributed by atoms with Gasteiger partial charge in [-0.1, -0.05) is 0 Å². The van der Waals surface area contributed by atoms with Crippen LogP contribution in [0.1, 0.15) is 30.0 Å². The van der Waals surface area contributed by atoms with E-state index in [0.29, 0.717) is 19.8 Å². The molecule has 2 aliphatic heterocycles. The van der Waals surface area contributed by atoms with Gasteiger partial charge in [0.1, 0.15) is 0 Å². The second-order valence-corrected chi connectivity index (χ2v) is 8.97. The van der Waals surface area contributed by atoms with E-state index >= 15 is 0 Å². The molecule has 8 heteroatoms. The topological polar surface area (TPSA) is 68.7 Å². The van der Waals surface area contributed by atoms with Crippen LogP contribution in [0.15, 0.2) is 5.38 Å². The van der Waals surface area contributed by atoms with Gasteiger partial charge in [-0.2, -0.15) is 4.31 Å². The Morgan fingerprint density at radius 2 is 2.27 bits per heavy atom. The smallest absolute Gasteiger partial charge is 0.211 e. The standard InChI is InChI=1S/C14H22N2O4S2/c1-10-15-11(9-21-10)7-19-8-12-3-4-13-14(20-12)5-6-16(13)22(2,17)18/h9,12-14H,3-8H2,1-2H3/t12-,13+,14+/m0/s1. The van der Waals surface area contributed by atoms with Crippen LogP contribution in [0.5, 0.6) is 0 Å². The van der Waals surface area contributed by atoms with E-state index in [9.17, 15) is 8.42 Å². The zero-order valence-corrected chi connectivity index (χ0v) is 14.5. The summed E-state index contributed by atoms with van der Waals surface area (Å²) in [5, 5.41) is 3.05. The average Bonchev–Trinajstić information content (AvgIpc) is 3.04. The second-order valence-electron chi connectivity index (χ2n) is 5.98. The van der Waals surface area contributed by atoms with E-state index in [4.69, 9.17) is 9.47 Å². The molecular formula is C14H22N2O4S2. The fourth-order valence-electron chi connectivity index (χ4n) is 3.26. The third kappa shape index (κ3) is 3.68. The molecule has 2 saturated heterocycles. The molecule has 0 aromatic carbocycles. The molecule has 0 unspecified atom stereocenters. The van der Waals surface area contributed by atoms with Crippen molar-refractivity contribution in [3.8, 4) is 0 Å². The van der Waals surface area contributed by atoms with Gasteiger partial charge in [-0.25, -0.2) is 13.4 Å². The second kappa shape index (κ2) is 6.52. The van der Waals surface area contributed by atoms with Gasteiger partial charge in [-0.15, -0.1) is 11.3 Å². The molecule has 0 aliphatic carbocycles. The fourth-order valence-corrected chi connectivity index (χ4v) is 5.03. The zero-order valence-electron chi connectivity index (χ0n) is 12.9. The summed E-state index contributed by atoms with van der Waals surface area (Å²) in [5.41, 5.74) is 0.959. The summed E-state index contributed by atoms with van der Waals surface area (Å²) < 4.78 is 36.8. The lowest BCUT2D eigenvalue weighted by Crippen LogP contribution is -2.45. The van der Waals surface area contributed by atoms with Crippen LogP contribution in [-0.4, -0.2) is 55.4 Å². The van der Waals surface area contributed by atoms with Crippen molar-refractivity contribution in [2.75, 3.05) is 19.4 Å². The van der Waals surface area contributed by atoms with Crippen LogP contribution < -0.4 is 0 Å². The molecule has 0 saturated carbocycles. The van der Waals surface area contributed by atoms with Crippen molar-refractivity contribution in [1.82, 2.24) is 9.29 Å². The number of nitrogens with zero attached hydrogens (tertiary/aromatic N) is 2. The molecule has 0 radical (unpaired) electrons. The highest BCUT2D eigenvalue weighted by Gasteiger charge is 2.43. The van der Waals surface area contributed by atoms with Crippen molar-refractivity contribution < 1.29 is 17.9 Å². The molecule has 6 nitrogen and oxygen atoms in total. The molecular weight excluding hydrogens is 324 g/mol. The number of hydrogen-bond donors (Lipinski definition) is 0. The van der Waals surface area contributed by atoms with Gasteiger partial charge in [0.15, 0.2) is 0 Å². The Kier molecular flexibility index (Phi) is 4.84. The van der Waals surface area contributed by atoms with Crippen molar-refractivity contribution in [2.45, 2.75) is 51.0 Å². The van der Waals surface area contributed by atoms with E-state index in [2.05, 4.69) is 4.98 Å². The first kappa shape index (κ1) is 16.3. The van der Waals surface area contributed by atoms with E-state index in [0.717, 1.165) is 30.0 Å². The minimum atomic E-state index is -3.13. The zero-order chi connectivity index (χ0) is 15.7. The minimum absolute atomic E-state index is 0.00689. The van der Waals surface area contributed by atoms with Crippen LogP contribution in [-0.2, 0) is 26.1 Å². The Balaban J connectivity index is 1.47. The first-order valence-electron chi connectivity index (χ1n) is 7.54. The number of aromatic nitrogens is 1. The number of sulfonamides is 1. The highest BCUT2D eigenvalue weighted by molar-refractivity contribution is 7.88. The maximum absolute atomic E-state index is 11.7. The summed E-state index contributed by atoms with van der Waals surface area (Å²) in [7, 11) is -3.13. The van der Waals surface area contributed by atoms with Gasteiger partial charge in [0, 0.05) is 11.9 Å². The molecule has 0 amide bonds. The van der Waals surface area contributed by atoms with Crippen LogP contribution >= 0.6 is 11.3 Å². The first-order chi connectivity index (χ1) is 10.4. The van der Waals surface area contributed by atoms with Gasteiger partial charge in [-0.3, -0.25) is 0 Å². The van der Waals surface area contributed by atoms with Crippen molar-refractivity contribution in [2.24, 2.45) is 0 Å². The Bertz CT molecular complexity index is 616. The van der Waals surface area contributed by atoms with E-state index in [1.165, 1.54) is 6.26 Å². The van der Waals surface area contributed by atoms with Crippen molar-refractivity contribution >= 4 is 21.4 Å². The molecule has 3 atom stereocenters. The monoisotopic (exact) mass is 346 g/mol. The number of aryl methyl sites for hydroxylation is 1. The quantitative estimate of drug-likeness (QED) is 0.809. The molecule has 3 rings (SSSR count). The first-order valence-corrected chi connectivity index (χ1v) is 10.3. The molecule has 22 heavy (non-hydrogen) atoms. The molecule has 0 bridgehead atoms. The Morgan fingerprint density at radius 1 is 1.45 bits per heavy atom. The third-order valence-electron chi connectivity index (χ3n) is 4.23. The lowest BCUT2D eigenvalue weighted by atomic mass is 10.0. The molecule has 2 fully saturated rings. The lowest BCUT2D eigenvalue weighted by molar-refractivity contribution is -0.0963. The summed E-state index contributed by atoms with van der Waals surface area (Å²) in [4.78, 5) is 4.36. The molecule has 1 aromatic heterocycles. The predicted molar refractivity (Wildman–Crippen MR) is 84.4 cm³/mol. The minimum Gasteiger partial charge on any atom is -0.372 e. The van der Waals surface area contributed by atoms with E-state index < -0.39 is 10.0 Å². The van der Waals surface area contributed by atoms with Crippen molar-refractivity contribution in [3.05, 3.63) is 16.1 Å². The number of ether oxygens (including phenoxy) is 2. The summed E-state index contributed by atoms with van der Waals surface area (Å²) in [5.74, 6) is 0. The van der Waals surface area contributed by atoms with Gasteiger partial charge in [0.05, 0.1) is 48.4 Å². The van der Waals surface area contributed by atoms with Gasteiger partial charge in [-0.05, 0) is 26.2 Å². The van der Waals surface area contributed by atoms with Gasteiger partial charge in [0.2, 0.25) is 10.0 Å². The van der Waals surface area contributed by atoms with Crippen molar-refractivity contribution in [1.29, 1.82) is 0 Å². The summed E-state index contributed by atoms with van der Waals surface area (Å²) in [6, 6.07) is 0.00689. The number of rotatable bonds is 5. The Labute approximate surface area is 135 Å². The van der Waals surface area contributed by atoms with Gasteiger partial charge >= 0.3 is 0 Å². The fraction of sp³-hybridized carbons (Fsp3) is 0.786. The normalized spacial score (nSPS) is 29.6. The van der Waals surface area contributed by atoms with Crippen LogP contribution in [0.25, 0.3) is 0 Å². The maximum Gasteiger partial charge on any atom is 0.211 e. The van der Waals surface area contributed by atoms with Crippen LogP contribution in [0, 0.1) is 6.92 Å². The van der Waals surface area contributed by atoms with Crippen LogP contribution in [0.2, 0.25) is 0 Å². The SMILES string of the molecule is Cc1nc(COC[C@@H]2CC[C@@H]3[C@@H](CCN3S(C)(=O)=O)O2)cs1. The molecule has 1 aromatic rings. The molecule has 3 heterocycles. The molecule has 0 N–H and O–H groups in total. The highest BCUT2D eigenvalue weighted by atomic mass is 32.2. The van der Waals surface area contributed by atoms with Crippen LogP contribution in [0.3, 0.4) is 0 Å². The molecule has 0 spiro atoms. The third-order valence-corrected chi connectivity index (χ3v) is 6.36. The van der Waals surface area contributed by atoms with Crippen LogP contribution in [0.4, 0.5) is 0 Å². The van der Waals surface area contributed by atoms with E-state index in [1.807, 2.05) is 12.3 Å². The number of thiazole rings is 1. The maximum atomic E-state index is 11.7. The summed E-state index contributed by atoms with van der Waals surface area (Å²) in [6.45, 7) is 3.60. The molecule has 2 aliphatic rings. The summed E-state index contributed by atoms with van der Waals surface area (Å²) in [6.07, 6.45) is 3.81. The van der Waals surface area contributed by atoms with E-state index in [1.54, 1.807) is 15.6 Å². The highest BCUT2D eigenvalue weighted by Crippen LogP contribution is 2.33. The largest absolute Gasteiger partial charge is 0.372 e. The van der Waals surface area contributed by atoms with Gasteiger partial charge < -0.3 is 9.47 Å². The number of hydrogen-bond acceptors (Lipinski definition) is 6. The Morgan fingerprint density at radius 3 is 2.95 bits per heavy atom. The summed E-state index contributed by atoms with van der Waals surface area (Å²) >= 11 is 1.62. The lowest BCUT2D eigenvalue weighted by Gasteiger charge is -2.35. The van der Waals surface area contributed by atoms with Crippen molar-refractivity contribution in [3.63, 3.8) is 0 Å². The predicted octanol–water partition coefficient (Wildman–Crippen LogP) is 1.55. The Hall–Kier alpha value is -0.540. The van der Waals surface area contributed by atoms with Gasteiger partial charge in [0.25, 0.3) is 0 Å². The average molecular weight is 346 g/mol.